The van der Waals surface area contributed by atoms with Crippen molar-refractivity contribution in [1.29, 1.82) is 0 Å². The van der Waals surface area contributed by atoms with Crippen molar-refractivity contribution in [2.24, 2.45) is 17.1 Å². The fourth-order valence-electron chi connectivity index (χ4n) is 5.65. The molecule has 0 unspecified atom stereocenters. The first-order valence-corrected chi connectivity index (χ1v) is 13.2. The molecule has 3 rings (SSSR count). The number of allylic oxidation sites excluding steroid dienone is 2. The summed E-state index contributed by atoms with van der Waals surface area (Å²) in [5, 5.41) is 10.5. The molecule has 1 aromatic rings. The number of carbonyl (C=O) groups excluding carboxylic acids is 1. The normalized spacial score (nSPS) is 21.5. The number of benzene rings is 1. The number of methoxy groups -OCH3 is 1. The van der Waals surface area contributed by atoms with Crippen LogP contribution in [-0.4, -0.2) is 79.5 Å². The molecule has 9 nitrogen and oxygen atoms in total. The number of carbonyl (C=O) groups is 2. The van der Waals surface area contributed by atoms with E-state index < -0.39 is 11.9 Å². The largest absolute Gasteiger partial charge is 0.493 e. The Hall–Kier alpha value is -2.78. The summed E-state index contributed by atoms with van der Waals surface area (Å²) < 4.78 is 16.7. The Labute approximate surface area is 220 Å². The van der Waals surface area contributed by atoms with E-state index in [-0.39, 0.29) is 36.6 Å². The number of aliphatic carboxylic acids is 1. The highest BCUT2D eigenvalue weighted by Gasteiger charge is 2.49. The molecule has 206 valence electrons. The summed E-state index contributed by atoms with van der Waals surface area (Å²) in [6.45, 7) is 10.5. The molecule has 9 heteroatoms. The zero-order valence-corrected chi connectivity index (χ0v) is 22.9. The van der Waals surface area contributed by atoms with Crippen LogP contribution < -0.4 is 19.9 Å². The summed E-state index contributed by atoms with van der Waals surface area (Å²) >= 11 is 0. The van der Waals surface area contributed by atoms with Crippen LogP contribution in [-0.2, 0) is 9.59 Å². The number of carboxylic acids is 1. The molecule has 2 aliphatic heterocycles. The molecule has 37 heavy (non-hydrogen) atoms. The van der Waals surface area contributed by atoms with Gasteiger partial charge in [-0.3, -0.25) is 14.5 Å². The lowest BCUT2D eigenvalue weighted by Gasteiger charge is -2.34. The van der Waals surface area contributed by atoms with Gasteiger partial charge in [0.1, 0.15) is 0 Å². The number of unbranched alkanes of at least 4 members (excludes halogenated alkanes) is 1. The van der Waals surface area contributed by atoms with E-state index in [1.807, 2.05) is 30.0 Å². The topological polar surface area (TPSA) is 115 Å². The van der Waals surface area contributed by atoms with E-state index in [4.69, 9.17) is 19.9 Å². The molecule has 1 saturated heterocycles. The van der Waals surface area contributed by atoms with Crippen LogP contribution in [0.25, 0.3) is 0 Å². The predicted molar refractivity (Wildman–Crippen MR) is 142 cm³/mol. The van der Waals surface area contributed by atoms with Crippen LogP contribution in [0.3, 0.4) is 0 Å². The molecular formula is C28H43N3O6. The first kappa shape index (κ1) is 28.8. The SMILES string of the molecule is CC=CC(C)(C)C[C@H]1[C@H](C(=O)O)[C@@H](c2cc(OC)c3c(c2)OCO3)CN1CC(=O)N(CCN)CCCC. The van der Waals surface area contributed by atoms with Gasteiger partial charge in [-0.1, -0.05) is 39.3 Å². The minimum Gasteiger partial charge on any atom is -0.493 e. The number of rotatable bonds is 13. The number of hydrogen-bond acceptors (Lipinski definition) is 7. The average molecular weight is 518 g/mol. The van der Waals surface area contributed by atoms with Crippen LogP contribution in [0.2, 0.25) is 0 Å². The monoisotopic (exact) mass is 517 g/mol. The lowest BCUT2D eigenvalue weighted by Crippen LogP contribution is -2.46. The third-order valence-corrected chi connectivity index (χ3v) is 7.37. The second-order valence-corrected chi connectivity index (χ2v) is 10.6. The van der Waals surface area contributed by atoms with Crippen LogP contribution in [0.15, 0.2) is 24.3 Å². The van der Waals surface area contributed by atoms with Gasteiger partial charge in [0, 0.05) is 38.1 Å². The highest BCUT2D eigenvalue weighted by molar-refractivity contribution is 5.79. The van der Waals surface area contributed by atoms with E-state index in [1.165, 1.54) is 0 Å². The fraction of sp³-hybridized carbons (Fsp3) is 0.643. The molecule has 0 radical (unpaired) electrons. The second kappa shape index (κ2) is 12.6. The van der Waals surface area contributed by atoms with Crippen molar-refractivity contribution < 1.29 is 28.9 Å². The first-order chi connectivity index (χ1) is 17.6. The molecule has 0 spiro atoms. The molecule has 2 heterocycles. The van der Waals surface area contributed by atoms with Gasteiger partial charge in [-0.05, 0) is 42.9 Å². The van der Waals surface area contributed by atoms with Crippen molar-refractivity contribution in [2.45, 2.75) is 58.9 Å². The highest BCUT2D eigenvalue weighted by Crippen LogP contribution is 2.48. The molecule has 0 aliphatic carbocycles. The van der Waals surface area contributed by atoms with Gasteiger partial charge in [0.2, 0.25) is 18.4 Å². The molecule has 1 fully saturated rings. The van der Waals surface area contributed by atoms with E-state index >= 15 is 0 Å². The van der Waals surface area contributed by atoms with Crippen molar-refractivity contribution in [1.82, 2.24) is 9.80 Å². The van der Waals surface area contributed by atoms with E-state index in [1.54, 1.807) is 7.11 Å². The van der Waals surface area contributed by atoms with Crippen molar-refractivity contribution in [3.05, 3.63) is 29.8 Å². The molecule has 1 amide bonds. The fourth-order valence-corrected chi connectivity index (χ4v) is 5.65. The maximum atomic E-state index is 13.4. The van der Waals surface area contributed by atoms with E-state index in [0.29, 0.717) is 49.8 Å². The minimum absolute atomic E-state index is 0.0132. The third kappa shape index (κ3) is 6.76. The summed E-state index contributed by atoms with van der Waals surface area (Å²) in [7, 11) is 1.56. The average Bonchev–Trinajstić information content (AvgIpc) is 3.45. The standard InChI is InChI=1S/C28H43N3O6/c1-6-8-11-30(12-10-29)24(32)17-31-16-20(19-13-22(35-5)26-23(14-19)36-18-37-26)25(27(33)34)21(31)15-28(3,4)9-7-2/h7,9,13-14,20-21,25H,6,8,10-12,15-18,29H2,1-5H3,(H,33,34)/t20-,21+,25-/m1/s1. The lowest BCUT2D eigenvalue weighted by molar-refractivity contribution is -0.144. The number of carboxylic acid groups (broad SMARTS) is 1. The first-order valence-electron chi connectivity index (χ1n) is 13.2. The Morgan fingerprint density at radius 1 is 1.30 bits per heavy atom. The van der Waals surface area contributed by atoms with Gasteiger partial charge in [-0.15, -0.1) is 0 Å². The highest BCUT2D eigenvalue weighted by atomic mass is 16.7. The van der Waals surface area contributed by atoms with Gasteiger partial charge < -0.3 is 30.0 Å². The Morgan fingerprint density at radius 3 is 2.68 bits per heavy atom. The summed E-state index contributed by atoms with van der Waals surface area (Å²) in [4.78, 5) is 30.1. The number of nitrogens with two attached hydrogens (primary N) is 1. The van der Waals surface area contributed by atoms with Crippen molar-refractivity contribution in [2.75, 3.05) is 46.6 Å². The van der Waals surface area contributed by atoms with Crippen LogP contribution in [0, 0.1) is 11.3 Å². The number of likely N-dealkylation sites (tertiary alicyclic amines) is 1. The molecule has 0 aromatic heterocycles. The van der Waals surface area contributed by atoms with Crippen molar-refractivity contribution >= 4 is 11.9 Å². The summed E-state index contributed by atoms with van der Waals surface area (Å²) in [6, 6.07) is 3.36. The Bertz CT molecular complexity index is 979. The summed E-state index contributed by atoms with van der Waals surface area (Å²) in [6.07, 6.45) is 6.58. The molecular weight excluding hydrogens is 474 g/mol. The van der Waals surface area contributed by atoms with Crippen LogP contribution in [0.5, 0.6) is 17.2 Å². The maximum Gasteiger partial charge on any atom is 0.308 e. The second-order valence-electron chi connectivity index (χ2n) is 10.6. The van der Waals surface area contributed by atoms with E-state index in [2.05, 4.69) is 31.7 Å². The summed E-state index contributed by atoms with van der Waals surface area (Å²) in [5.41, 5.74) is 6.36. The Kier molecular flexibility index (Phi) is 9.84. The number of ether oxygens (including phenoxy) is 3. The quantitative estimate of drug-likeness (QED) is 0.382. The van der Waals surface area contributed by atoms with Gasteiger partial charge in [0.05, 0.1) is 19.6 Å². The van der Waals surface area contributed by atoms with Gasteiger partial charge in [-0.2, -0.15) is 0 Å². The van der Waals surface area contributed by atoms with Crippen molar-refractivity contribution in [3.8, 4) is 17.2 Å². The lowest BCUT2D eigenvalue weighted by atomic mass is 9.77. The third-order valence-electron chi connectivity index (χ3n) is 7.37. The van der Waals surface area contributed by atoms with E-state index in [0.717, 1.165) is 18.4 Å². The van der Waals surface area contributed by atoms with E-state index in [9.17, 15) is 14.7 Å². The van der Waals surface area contributed by atoms with Gasteiger partial charge in [0.25, 0.3) is 0 Å². The molecule has 2 aliphatic rings. The van der Waals surface area contributed by atoms with Crippen molar-refractivity contribution in [3.63, 3.8) is 0 Å². The number of hydrogen-bond donors (Lipinski definition) is 2. The molecule has 1 aromatic carbocycles. The summed E-state index contributed by atoms with van der Waals surface area (Å²) in [5.74, 6) is -0.346. The Balaban J connectivity index is 1.98. The number of amides is 1. The molecule has 3 atom stereocenters. The Morgan fingerprint density at radius 2 is 2.05 bits per heavy atom. The molecule has 3 N–H and O–H groups in total. The molecule has 0 bridgehead atoms. The zero-order valence-electron chi connectivity index (χ0n) is 22.9. The number of fused-ring (bicyclic) bond motifs is 1. The molecule has 0 saturated carbocycles. The minimum atomic E-state index is -0.873. The van der Waals surface area contributed by atoms with Crippen LogP contribution in [0.4, 0.5) is 0 Å². The van der Waals surface area contributed by atoms with Crippen LogP contribution >= 0.6 is 0 Å². The maximum absolute atomic E-state index is 13.4. The van der Waals surface area contributed by atoms with Crippen LogP contribution in [0.1, 0.15) is 58.4 Å². The smallest absolute Gasteiger partial charge is 0.308 e. The zero-order chi connectivity index (χ0) is 27.2. The van der Waals surface area contributed by atoms with Gasteiger partial charge in [0.15, 0.2) is 11.5 Å². The predicted octanol–water partition coefficient (Wildman–Crippen LogP) is 3.47. The van der Waals surface area contributed by atoms with Gasteiger partial charge >= 0.3 is 5.97 Å². The van der Waals surface area contributed by atoms with Gasteiger partial charge in [-0.25, -0.2) is 0 Å². The number of nitrogens with zero attached hydrogens (tertiary/aromatic N) is 2.